The Bertz CT molecular complexity index is 1020. The van der Waals surface area contributed by atoms with Crippen molar-refractivity contribution in [3.05, 3.63) is 82.9 Å². The maximum atomic E-state index is 13.3. The van der Waals surface area contributed by atoms with Gasteiger partial charge in [0, 0.05) is 16.4 Å². The molecule has 0 unspecified atom stereocenters. The number of carbonyl (C=O) groups excluding carboxylic acids is 1. The molecule has 28 heavy (non-hydrogen) atoms. The highest BCUT2D eigenvalue weighted by Gasteiger charge is 2.34. The molecule has 0 aliphatic carbocycles. The van der Waals surface area contributed by atoms with E-state index in [2.05, 4.69) is 5.32 Å². The lowest BCUT2D eigenvalue weighted by Gasteiger charge is -2.38. The van der Waals surface area contributed by atoms with Crippen LogP contribution >= 0.6 is 11.6 Å². The van der Waals surface area contributed by atoms with Crippen LogP contribution in [-0.4, -0.2) is 17.6 Å². The maximum Gasteiger partial charge on any atom is 0.262 e. The van der Waals surface area contributed by atoms with E-state index in [1.807, 2.05) is 37.3 Å². The molecular weight excluding hydrogens is 376 g/mol. The van der Waals surface area contributed by atoms with Gasteiger partial charge in [0.05, 0.1) is 12.2 Å². The van der Waals surface area contributed by atoms with E-state index in [4.69, 9.17) is 16.3 Å². The quantitative estimate of drug-likeness (QED) is 0.637. The Hall–Kier alpha value is -3.18. The summed E-state index contributed by atoms with van der Waals surface area (Å²) in [7, 11) is 0. The van der Waals surface area contributed by atoms with E-state index in [1.165, 1.54) is 0 Å². The predicted molar refractivity (Wildman–Crippen MR) is 110 cm³/mol. The van der Waals surface area contributed by atoms with E-state index < -0.39 is 6.17 Å². The van der Waals surface area contributed by atoms with Gasteiger partial charge in [-0.05, 0) is 61.0 Å². The molecule has 0 spiro atoms. The van der Waals surface area contributed by atoms with Crippen molar-refractivity contribution in [2.45, 2.75) is 13.1 Å². The van der Waals surface area contributed by atoms with Gasteiger partial charge in [-0.2, -0.15) is 0 Å². The summed E-state index contributed by atoms with van der Waals surface area (Å²) in [6, 6.07) is 19.6. The van der Waals surface area contributed by atoms with Crippen molar-refractivity contribution in [1.82, 2.24) is 0 Å². The maximum absolute atomic E-state index is 13.3. The molecule has 1 heterocycles. The normalized spacial score (nSPS) is 15.7. The largest absolute Gasteiger partial charge is 0.504 e. The van der Waals surface area contributed by atoms with Crippen LogP contribution in [0.3, 0.4) is 0 Å². The third-order valence-electron chi connectivity index (χ3n) is 4.63. The second kappa shape index (κ2) is 7.44. The summed E-state index contributed by atoms with van der Waals surface area (Å²) in [6.45, 7) is 2.28. The smallest absolute Gasteiger partial charge is 0.262 e. The lowest BCUT2D eigenvalue weighted by molar-refractivity contribution is 0.0975. The zero-order chi connectivity index (χ0) is 19.7. The van der Waals surface area contributed by atoms with E-state index in [0.717, 1.165) is 11.3 Å². The van der Waals surface area contributed by atoms with Gasteiger partial charge >= 0.3 is 0 Å². The fourth-order valence-corrected chi connectivity index (χ4v) is 3.45. The highest BCUT2D eigenvalue weighted by atomic mass is 35.5. The molecule has 5 nitrogen and oxygen atoms in total. The van der Waals surface area contributed by atoms with Crippen molar-refractivity contribution >= 4 is 28.9 Å². The molecule has 0 bridgehead atoms. The minimum absolute atomic E-state index is 0.0613. The van der Waals surface area contributed by atoms with Crippen LogP contribution < -0.4 is 15.0 Å². The minimum atomic E-state index is -0.469. The van der Waals surface area contributed by atoms with E-state index in [9.17, 15) is 9.90 Å². The number of amides is 1. The van der Waals surface area contributed by atoms with Gasteiger partial charge in [-0.3, -0.25) is 9.69 Å². The predicted octanol–water partition coefficient (Wildman–Crippen LogP) is 5.22. The van der Waals surface area contributed by atoms with Crippen LogP contribution in [-0.2, 0) is 0 Å². The molecule has 6 heteroatoms. The molecule has 0 fully saturated rings. The third kappa shape index (κ3) is 3.25. The standard InChI is InChI=1S/C22H19ClN2O3/c1-2-28-20-13-14(7-12-19(20)26)21-24-18-6-4-3-5-17(18)22(27)25(21)16-10-8-15(23)9-11-16/h3-13,21,24,26H,2H2,1H3/t21-/m1/s1. The number of benzene rings is 3. The Morgan fingerprint density at radius 2 is 1.86 bits per heavy atom. The van der Waals surface area contributed by atoms with E-state index in [1.54, 1.807) is 41.3 Å². The number of nitrogens with one attached hydrogen (secondary N) is 1. The van der Waals surface area contributed by atoms with Crippen LogP contribution in [0.4, 0.5) is 11.4 Å². The van der Waals surface area contributed by atoms with Gasteiger partial charge in [-0.1, -0.05) is 29.8 Å². The first kappa shape index (κ1) is 18.2. The number of fused-ring (bicyclic) bond motifs is 1. The number of phenols is 1. The number of carbonyl (C=O) groups is 1. The first-order valence-corrected chi connectivity index (χ1v) is 9.36. The molecule has 0 saturated carbocycles. The summed E-state index contributed by atoms with van der Waals surface area (Å²) in [4.78, 5) is 15.0. The number of nitrogens with zero attached hydrogens (tertiary/aromatic N) is 1. The molecule has 1 aliphatic rings. The highest BCUT2D eigenvalue weighted by molar-refractivity contribution is 6.30. The Balaban J connectivity index is 1.84. The van der Waals surface area contributed by atoms with E-state index in [-0.39, 0.29) is 11.7 Å². The number of ether oxygens (including phenoxy) is 1. The van der Waals surface area contributed by atoms with Crippen molar-refractivity contribution in [1.29, 1.82) is 0 Å². The molecule has 1 aliphatic heterocycles. The molecule has 142 valence electrons. The van der Waals surface area contributed by atoms with Gasteiger partial charge in [-0.15, -0.1) is 0 Å². The number of halogens is 1. The van der Waals surface area contributed by atoms with Gasteiger partial charge in [0.25, 0.3) is 5.91 Å². The topological polar surface area (TPSA) is 61.8 Å². The molecule has 4 rings (SSSR count). The Morgan fingerprint density at radius 3 is 2.61 bits per heavy atom. The van der Waals surface area contributed by atoms with Crippen LogP contribution in [0.2, 0.25) is 5.02 Å². The summed E-state index contributed by atoms with van der Waals surface area (Å²) < 4.78 is 5.52. The van der Waals surface area contributed by atoms with Crippen molar-refractivity contribution in [2.24, 2.45) is 0 Å². The number of aromatic hydroxyl groups is 1. The lowest BCUT2D eigenvalue weighted by atomic mass is 10.0. The van der Waals surface area contributed by atoms with Crippen molar-refractivity contribution in [2.75, 3.05) is 16.8 Å². The number of hydrogen-bond acceptors (Lipinski definition) is 4. The zero-order valence-corrected chi connectivity index (χ0v) is 16.0. The number of hydrogen-bond donors (Lipinski definition) is 2. The summed E-state index contributed by atoms with van der Waals surface area (Å²) in [5.41, 5.74) is 2.86. The van der Waals surface area contributed by atoms with Crippen LogP contribution in [0.1, 0.15) is 29.0 Å². The molecular formula is C22H19ClN2O3. The van der Waals surface area contributed by atoms with Gasteiger partial charge in [0.15, 0.2) is 11.5 Å². The SMILES string of the molecule is CCOc1cc([C@@H]2Nc3ccccc3C(=O)N2c2ccc(Cl)cc2)ccc1O. The number of rotatable bonds is 4. The number of phenolic OH excluding ortho intramolecular Hbond substituents is 1. The van der Waals surface area contributed by atoms with Crippen molar-refractivity contribution < 1.29 is 14.6 Å². The fourth-order valence-electron chi connectivity index (χ4n) is 3.33. The van der Waals surface area contributed by atoms with E-state index in [0.29, 0.717) is 28.6 Å². The second-order valence-corrected chi connectivity index (χ2v) is 6.84. The molecule has 3 aromatic rings. The van der Waals surface area contributed by atoms with Crippen LogP contribution in [0, 0.1) is 0 Å². The first-order chi connectivity index (χ1) is 13.6. The van der Waals surface area contributed by atoms with Crippen LogP contribution in [0.15, 0.2) is 66.7 Å². The molecule has 3 aromatic carbocycles. The summed E-state index contributed by atoms with van der Waals surface area (Å²) >= 11 is 6.03. The minimum Gasteiger partial charge on any atom is -0.504 e. The summed E-state index contributed by atoms with van der Waals surface area (Å²) in [5, 5.41) is 14.1. The fraction of sp³-hybridized carbons (Fsp3) is 0.136. The highest BCUT2D eigenvalue weighted by Crippen LogP contribution is 2.39. The average molecular weight is 395 g/mol. The third-order valence-corrected chi connectivity index (χ3v) is 4.88. The average Bonchev–Trinajstić information content (AvgIpc) is 2.71. The van der Waals surface area contributed by atoms with Crippen LogP contribution in [0.5, 0.6) is 11.5 Å². The van der Waals surface area contributed by atoms with E-state index >= 15 is 0 Å². The van der Waals surface area contributed by atoms with Gasteiger partial charge in [-0.25, -0.2) is 0 Å². The van der Waals surface area contributed by atoms with Gasteiger partial charge in [0.2, 0.25) is 0 Å². The van der Waals surface area contributed by atoms with Gasteiger partial charge in [0.1, 0.15) is 6.17 Å². The molecule has 2 N–H and O–H groups in total. The van der Waals surface area contributed by atoms with Crippen molar-refractivity contribution in [3.8, 4) is 11.5 Å². The van der Waals surface area contributed by atoms with Crippen molar-refractivity contribution in [3.63, 3.8) is 0 Å². The Morgan fingerprint density at radius 1 is 1.11 bits per heavy atom. The molecule has 1 atom stereocenters. The Labute approximate surface area is 168 Å². The molecule has 1 amide bonds. The van der Waals surface area contributed by atoms with Crippen LogP contribution in [0.25, 0.3) is 0 Å². The van der Waals surface area contributed by atoms with Gasteiger partial charge < -0.3 is 15.2 Å². The Kier molecular flexibility index (Phi) is 4.84. The monoisotopic (exact) mass is 394 g/mol. The first-order valence-electron chi connectivity index (χ1n) is 8.99. The number of para-hydroxylation sites is 1. The lowest BCUT2D eigenvalue weighted by Crippen LogP contribution is -2.43. The number of anilines is 2. The molecule has 0 radical (unpaired) electrons. The zero-order valence-electron chi connectivity index (χ0n) is 15.2. The molecule has 0 saturated heterocycles. The summed E-state index contributed by atoms with van der Waals surface area (Å²) in [6.07, 6.45) is -0.469. The molecule has 0 aromatic heterocycles. The summed E-state index contributed by atoms with van der Waals surface area (Å²) in [5.74, 6) is 0.322. The second-order valence-electron chi connectivity index (χ2n) is 6.40.